The van der Waals surface area contributed by atoms with E-state index in [1.54, 1.807) is 61.5 Å². The molecule has 0 aliphatic carbocycles. The Morgan fingerprint density at radius 3 is 2.45 bits per heavy atom. The number of aromatic nitrogens is 1. The number of amidine groups is 2. The number of H-pyrrole nitrogens is 1. The highest BCUT2D eigenvalue weighted by Gasteiger charge is 2.29. The smallest absolute Gasteiger partial charge is 0.282 e. The number of hydrogen-bond donors (Lipinski definition) is 3. The minimum absolute atomic E-state index is 0.0281. The second kappa shape index (κ2) is 12.0. The van der Waals surface area contributed by atoms with E-state index < -0.39 is 5.91 Å². The fraction of sp³-hybridized carbons (Fsp3) is 0.0588. The zero-order valence-electron chi connectivity index (χ0n) is 23.9. The monoisotopic (exact) mass is 581 g/mol. The number of nitrogens with one attached hydrogen (secondary N) is 2. The standard InChI is InChI=1S/C34H27N7O3/c1-21-9-3-6-12-28(21)37-38-32(27-11-5-8-14-31(27)42)39-40-33(43)23-15-17-25(18-16-23)41-22(2)36-30(34(41)44)19-24-20-35-29-13-7-4-10-26(24)29/h3-20,35,42H,1-2H3,(H,40,43)/b30-19+,38-37?,39-32+. The van der Waals surface area contributed by atoms with Gasteiger partial charge in [-0.15, -0.1) is 15.3 Å². The fourth-order valence-electron chi connectivity index (χ4n) is 4.80. The number of amides is 2. The molecule has 0 radical (unpaired) electrons. The van der Waals surface area contributed by atoms with Crippen molar-refractivity contribution in [3.05, 3.63) is 131 Å². The number of fused-ring (bicyclic) bond motifs is 1. The number of hydrogen-bond acceptors (Lipinski definition) is 6. The van der Waals surface area contributed by atoms with Crippen LogP contribution in [-0.4, -0.2) is 33.6 Å². The molecule has 0 bridgehead atoms. The minimum Gasteiger partial charge on any atom is -0.507 e. The van der Waals surface area contributed by atoms with Crippen LogP contribution < -0.4 is 10.3 Å². The molecule has 2 heterocycles. The zero-order chi connectivity index (χ0) is 30.6. The van der Waals surface area contributed by atoms with Crippen molar-refractivity contribution in [3.8, 4) is 5.75 Å². The van der Waals surface area contributed by atoms with Gasteiger partial charge in [-0.1, -0.05) is 48.5 Å². The molecule has 1 aliphatic rings. The number of aromatic hydroxyl groups is 1. The maximum absolute atomic E-state index is 13.3. The SMILES string of the molecule is CC1=N/C(=C/c2c[nH]c3ccccc23)C(=O)N1c1ccc(C(=O)N/N=C(/N=Nc2ccccc2C)c2ccccc2O)cc1. The maximum atomic E-state index is 13.3. The number of azo groups is 1. The van der Waals surface area contributed by atoms with E-state index in [0.29, 0.717) is 34.0 Å². The van der Waals surface area contributed by atoms with Gasteiger partial charge in [-0.3, -0.25) is 14.5 Å². The van der Waals surface area contributed by atoms with Gasteiger partial charge in [-0.05, 0) is 74.0 Å². The molecule has 0 unspecified atom stereocenters. The van der Waals surface area contributed by atoms with E-state index in [4.69, 9.17) is 0 Å². The number of phenolic OH excluding ortho intramolecular Hbond substituents is 1. The second-order valence-corrected chi connectivity index (χ2v) is 10.0. The number of anilines is 1. The quantitative estimate of drug-likeness (QED) is 0.0664. The van der Waals surface area contributed by atoms with Gasteiger partial charge in [0.15, 0.2) is 0 Å². The molecule has 1 aromatic heterocycles. The summed E-state index contributed by atoms with van der Waals surface area (Å²) in [5.74, 6) is -0.275. The lowest BCUT2D eigenvalue weighted by Gasteiger charge is -2.16. The first kappa shape index (κ1) is 28.0. The zero-order valence-corrected chi connectivity index (χ0v) is 23.9. The number of aromatic amines is 1. The molecular formula is C34H27N7O3. The molecule has 2 amide bonds. The fourth-order valence-corrected chi connectivity index (χ4v) is 4.80. The molecule has 0 saturated carbocycles. The van der Waals surface area contributed by atoms with Crippen LogP contribution in [0.4, 0.5) is 11.4 Å². The third-order valence-electron chi connectivity index (χ3n) is 7.11. The number of carbonyl (C=O) groups excluding carboxylic acids is 2. The van der Waals surface area contributed by atoms with Gasteiger partial charge >= 0.3 is 0 Å². The number of nitrogens with zero attached hydrogens (tertiary/aromatic N) is 5. The minimum atomic E-state index is -0.506. The van der Waals surface area contributed by atoms with Gasteiger partial charge in [0.25, 0.3) is 11.8 Å². The lowest BCUT2D eigenvalue weighted by molar-refractivity contribution is -0.113. The summed E-state index contributed by atoms with van der Waals surface area (Å²) in [5.41, 5.74) is 7.39. The average Bonchev–Trinajstić information content (AvgIpc) is 3.57. The lowest BCUT2D eigenvalue weighted by Crippen LogP contribution is -2.30. The first-order valence-electron chi connectivity index (χ1n) is 13.8. The Kier molecular flexibility index (Phi) is 7.62. The number of phenols is 1. The highest BCUT2D eigenvalue weighted by Crippen LogP contribution is 2.28. The van der Waals surface area contributed by atoms with Gasteiger partial charge in [0.1, 0.15) is 17.3 Å². The Balaban J connectivity index is 1.20. The summed E-state index contributed by atoms with van der Waals surface area (Å²) in [7, 11) is 0. The number of benzene rings is 4. The van der Waals surface area contributed by atoms with Crippen molar-refractivity contribution >= 4 is 51.8 Å². The molecule has 10 heteroatoms. The predicted molar refractivity (Wildman–Crippen MR) is 171 cm³/mol. The van der Waals surface area contributed by atoms with Crippen LogP contribution in [0.5, 0.6) is 5.75 Å². The average molecular weight is 582 g/mol. The van der Waals surface area contributed by atoms with Crippen LogP contribution in [0.25, 0.3) is 17.0 Å². The largest absolute Gasteiger partial charge is 0.507 e. The lowest BCUT2D eigenvalue weighted by atomic mass is 10.1. The van der Waals surface area contributed by atoms with Crippen LogP contribution in [0.15, 0.2) is 129 Å². The van der Waals surface area contributed by atoms with Crippen molar-refractivity contribution in [3.63, 3.8) is 0 Å². The molecule has 6 rings (SSSR count). The molecule has 4 aromatic carbocycles. The van der Waals surface area contributed by atoms with Crippen molar-refractivity contribution < 1.29 is 14.7 Å². The van der Waals surface area contributed by atoms with E-state index in [9.17, 15) is 14.7 Å². The predicted octanol–water partition coefficient (Wildman–Crippen LogP) is 6.86. The second-order valence-electron chi connectivity index (χ2n) is 10.0. The Morgan fingerprint density at radius 2 is 1.66 bits per heavy atom. The highest BCUT2D eigenvalue weighted by molar-refractivity contribution is 6.28. The van der Waals surface area contributed by atoms with Crippen molar-refractivity contribution in [2.45, 2.75) is 13.8 Å². The highest BCUT2D eigenvalue weighted by atomic mass is 16.3. The molecule has 10 nitrogen and oxygen atoms in total. The first-order valence-corrected chi connectivity index (χ1v) is 13.8. The van der Waals surface area contributed by atoms with E-state index in [2.05, 4.69) is 30.7 Å². The Bertz CT molecular complexity index is 2020. The summed E-state index contributed by atoms with van der Waals surface area (Å²) in [6.07, 6.45) is 3.62. The van der Waals surface area contributed by atoms with Crippen LogP contribution in [0, 0.1) is 6.92 Å². The molecule has 0 saturated heterocycles. The molecule has 0 atom stereocenters. The maximum Gasteiger partial charge on any atom is 0.282 e. The summed E-state index contributed by atoms with van der Waals surface area (Å²) >= 11 is 0. The van der Waals surface area contributed by atoms with Crippen LogP contribution in [-0.2, 0) is 4.79 Å². The molecule has 216 valence electrons. The number of aryl methyl sites for hydroxylation is 1. The first-order chi connectivity index (χ1) is 21.4. The van der Waals surface area contributed by atoms with Crippen molar-refractivity contribution in [2.24, 2.45) is 20.3 Å². The van der Waals surface area contributed by atoms with E-state index in [1.165, 1.54) is 11.0 Å². The third-order valence-corrected chi connectivity index (χ3v) is 7.11. The number of rotatable bonds is 6. The molecule has 3 N–H and O–H groups in total. The Labute approximate surface area is 252 Å². The van der Waals surface area contributed by atoms with E-state index in [-0.39, 0.29) is 17.5 Å². The molecule has 44 heavy (non-hydrogen) atoms. The molecule has 0 fully saturated rings. The van der Waals surface area contributed by atoms with Gasteiger partial charge in [0.2, 0.25) is 5.84 Å². The summed E-state index contributed by atoms with van der Waals surface area (Å²) in [5, 5.41) is 24.0. The number of aliphatic imine (C=N–C) groups is 1. The van der Waals surface area contributed by atoms with Crippen LogP contribution in [0.3, 0.4) is 0 Å². The number of hydrazone groups is 1. The molecular weight excluding hydrogens is 554 g/mol. The third kappa shape index (κ3) is 5.64. The summed E-state index contributed by atoms with van der Waals surface area (Å²) in [6, 6.07) is 28.4. The van der Waals surface area contributed by atoms with Crippen LogP contribution in [0.1, 0.15) is 34.0 Å². The van der Waals surface area contributed by atoms with E-state index >= 15 is 0 Å². The van der Waals surface area contributed by atoms with Gasteiger partial charge in [0, 0.05) is 28.2 Å². The number of para-hydroxylation sites is 2. The van der Waals surface area contributed by atoms with Crippen LogP contribution >= 0.6 is 0 Å². The van der Waals surface area contributed by atoms with E-state index in [1.807, 2.05) is 55.6 Å². The normalized spacial score (nSPS) is 14.5. The van der Waals surface area contributed by atoms with Crippen molar-refractivity contribution in [1.82, 2.24) is 10.4 Å². The summed E-state index contributed by atoms with van der Waals surface area (Å²) < 4.78 is 0. The van der Waals surface area contributed by atoms with E-state index in [0.717, 1.165) is 22.0 Å². The van der Waals surface area contributed by atoms with Gasteiger partial charge < -0.3 is 10.1 Å². The topological polar surface area (TPSA) is 135 Å². The molecule has 0 spiro atoms. The molecule has 5 aromatic rings. The molecule has 1 aliphatic heterocycles. The summed E-state index contributed by atoms with van der Waals surface area (Å²) in [6.45, 7) is 3.66. The Hall–Kier alpha value is -6.16. The van der Waals surface area contributed by atoms with Crippen LogP contribution in [0.2, 0.25) is 0 Å². The number of carbonyl (C=O) groups is 2. The summed E-state index contributed by atoms with van der Waals surface area (Å²) in [4.78, 5) is 35.5. The van der Waals surface area contributed by atoms with Gasteiger partial charge in [-0.2, -0.15) is 0 Å². The van der Waals surface area contributed by atoms with Gasteiger partial charge in [0.05, 0.1) is 16.9 Å². The van der Waals surface area contributed by atoms with Crippen molar-refractivity contribution in [2.75, 3.05) is 4.90 Å². The van der Waals surface area contributed by atoms with Gasteiger partial charge in [-0.25, -0.2) is 10.4 Å². The van der Waals surface area contributed by atoms with Crippen molar-refractivity contribution in [1.29, 1.82) is 0 Å². The Morgan fingerprint density at radius 1 is 0.932 bits per heavy atom.